The van der Waals surface area contributed by atoms with Crippen LogP contribution in [0.25, 0.3) is 0 Å². The van der Waals surface area contributed by atoms with E-state index < -0.39 is 10.0 Å². The van der Waals surface area contributed by atoms with Gasteiger partial charge in [-0.25, -0.2) is 12.7 Å². The molecular formula is C19H24N2O4S. The summed E-state index contributed by atoms with van der Waals surface area (Å²) in [5, 5.41) is 0. The van der Waals surface area contributed by atoms with Gasteiger partial charge in [-0.15, -0.1) is 0 Å². The molecule has 0 amide bonds. The first kappa shape index (κ1) is 18.7. The van der Waals surface area contributed by atoms with Crippen molar-refractivity contribution in [3.05, 3.63) is 53.6 Å². The molecule has 0 saturated carbocycles. The smallest absolute Gasteiger partial charge is 0.242 e. The first-order valence-corrected chi connectivity index (χ1v) is 9.96. The number of nitrogens with zero attached hydrogens (tertiary/aromatic N) is 2. The minimum Gasteiger partial charge on any atom is -0.454 e. The van der Waals surface area contributed by atoms with Crippen LogP contribution in [0.3, 0.4) is 0 Å². The number of fused-ring (bicyclic) bond motifs is 1. The van der Waals surface area contributed by atoms with Crippen molar-refractivity contribution in [3.63, 3.8) is 0 Å². The second kappa shape index (κ2) is 7.65. The summed E-state index contributed by atoms with van der Waals surface area (Å²) in [7, 11) is -0.340. The first-order valence-electron chi connectivity index (χ1n) is 8.52. The van der Waals surface area contributed by atoms with Crippen molar-refractivity contribution in [3.8, 4) is 11.5 Å². The lowest BCUT2D eigenvalue weighted by Crippen LogP contribution is -2.24. The second-order valence-electron chi connectivity index (χ2n) is 6.43. The largest absolute Gasteiger partial charge is 0.454 e. The Bertz CT molecular complexity index is 881. The van der Waals surface area contributed by atoms with Crippen molar-refractivity contribution in [1.82, 2.24) is 9.21 Å². The van der Waals surface area contributed by atoms with Gasteiger partial charge >= 0.3 is 0 Å². The van der Waals surface area contributed by atoms with E-state index in [1.165, 1.54) is 4.31 Å². The van der Waals surface area contributed by atoms with Gasteiger partial charge in [0.05, 0.1) is 4.90 Å². The molecule has 0 aromatic heterocycles. The quantitative estimate of drug-likeness (QED) is 0.744. The van der Waals surface area contributed by atoms with Crippen LogP contribution in [-0.4, -0.2) is 45.1 Å². The minimum absolute atomic E-state index is 0.267. The fourth-order valence-corrected chi connectivity index (χ4v) is 3.82. The van der Waals surface area contributed by atoms with Crippen LogP contribution in [0.1, 0.15) is 18.1 Å². The molecule has 1 aliphatic heterocycles. The molecule has 0 saturated heterocycles. The number of hydrogen-bond donors (Lipinski definition) is 0. The topological polar surface area (TPSA) is 59.1 Å². The van der Waals surface area contributed by atoms with Crippen molar-refractivity contribution >= 4 is 10.0 Å². The summed E-state index contributed by atoms with van der Waals surface area (Å²) in [6.07, 6.45) is 0. The Hall–Kier alpha value is -2.09. The number of hydrogen-bond acceptors (Lipinski definition) is 5. The molecule has 7 heteroatoms. The van der Waals surface area contributed by atoms with E-state index in [4.69, 9.17) is 9.47 Å². The number of sulfonamides is 1. The molecule has 0 bridgehead atoms. The maximum atomic E-state index is 12.3. The Morgan fingerprint density at radius 1 is 0.962 bits per heavy atom. The number of ether oxygens (including phenoxy) is 2. The molecule has 2 aromatic rings. The molecule has 0 N–H and O–H groups in total. The van der Waals surface area contributed by atoms with E-state index >= 15 is 0 Å². The Balaban J connectivity index is 1.74. The third kappa shape index (κ3) is 4.00. The fraction of sp³-hybridized carbons (Fsp3) is 0.368. The van der Waals surface area contributed by atoms with Crippen molar-refractivity contribution in [2.45, 2.75) is 24.9 Å². The molecule has 26 heavy (non-hydrogen) atoms. The van der Waals surface area contributed by atoms with Crippen LogP contribution in [0.5, 0.6) is 11.5 Å². The summed E-state index contributed by atoms with van der Waals surface area (Å²) in [5.74, 6) is 1.55. The van der Waals surface area contributed by atoms with E-state index in [9.17, 15) is 8.42 Å². The predicted molar refractivity (Wildman–Crippen MR) is 99.7 cm³/mol. The van der Waals surface area contributed by atoms with Crippen LogP contribution >= 0.6 is 0 Å². The average molecular weight is 376 g/mol. The van der Waals surface area contributed by atoms with Gasteiger partial charge in [0.2, 0.25) is 16.8 Å². The molecule has 1 aliphatic rings. The van der Waals surface area contributed by atoms with Crippen LogP contribution < -0.4 is 9.47 Å². The van der Waals surface area contributed by atoms with E-state index in [0.717, 1.165) is 35.7 Å². The zero-order chi connectivity index (χ0) is 18.7. The lowest BCUT2D eigenvalue weighted by molar-refractivity contribution is 0.174. The summed E-state index contributed by atoms with van der Waals surface area (Å²) < 4.78 is 36.7. The molecule has 0 aliphatic carbocycles. The van der Waals surface area contributed by atoms with Gasteiger partial charge in [0, 0.05) is 27.2 Å². The molecule has 140 valence electrons. The maximum Gasteiger partial charge on any atom is 0.242 e. The highest BCUT2D eigenvalue weighted by atomic mass is 32.2. The average Bonchev–Trinajstić information content (AvgIpc) is 3.09. The van der Waals surface area contributed by atoms with Crippen LogP contribution in [0, 0.1) is 0 Å². The molecule has 0 spiro atoms. The summed E-state index contributed by atoms with van der Waals surface area (Å²) in [6, 6.07) is 13.1. The van der Waals surface area contributed by atoms with Crippen molar-refractivity contribution < 1.29 is 17.9 Å². The van der Waals surface area contributed by atoms with E-state index in [1.54, 1.807) is 32.3 Å². The molecule has 0 atom stereocenters. The minimum atomic E-state index is -3.42. The predicted octanol–water partition coefficient (Wildman–Crippen LogP) is 2.69. The van der Waals surface area contributed by atoms with Crippen LogP contribution in [0.2, 0.25) is 0 Å². The molecule has 1 heterocycles. The van der Waals surface area contributed by atoms with Gasteiger partial charge in [0.1, 0.15) is 0 Å². The van der Waals surface area contributed by atoms with Crippen molar-refractivity contribution in [2.24, 2.45) is 0 Å². The zero-order valence-electron chi connectivity index (χ0n) is 15.3. The van der Waals surface area contributed by atoms with Gasteiger partial charge < -0.3 is 9.47 Å². The summed E-state index contributed by atoms with van der Waals surface area (Å²) >= 11 is 0. The molecule has 3 rings (SSSR count). The standard InChI is InChI=1S/C19H24N2O4S/c1-4-21(13-16-8-9-18-19(11-16)25-14-24-18)12-15-6-5-7-17(10-15)26(22,23)20(2)3/h5-11H,4,12-14H2,1-3H3. The highest BCUT2D eigenvalue weighted by Gasteiger charge is 2.18. The summed E-state index contributed by atoms with van der Waals surface area (Å²) in [5.41, 5.74) is 2.10. The number of benzene rings is 2. The van der Waals surface area contributed by atoms with Crippen molar-refractivity contribution in [2.75, 3.05) is 27.4 Å². The lowest BCUT2D eigenvalue weighted by Gasteiger charge is -2.21. The molecule has 6 nitrogen and oxygen atoms in total. The third-order valence-corrected chi connectivity index (χ3v) is 6.18. The van der Waals surface area contributed by atoms with Gasteiger partial charge in [0.25, 0.3) is 0 Å². The third-order valence-electron chi connectivity index (χ3n) is 4.37. The van der Waals surface area contributed by atoms with Crippen LogP contribution in [0.15, 0.2) is 47.4 Å². The van der Waals surface area contributed by atoms with E-state index in [-0.39, 0.29) is 6.79 Å². The fourth-order valence-electron chi connectivity index (χ4n) is 2.85. The zero-order valence-corrected chi connectivity index (χ0v) is 16.1. The highest BCUT2D eigenvalue weighted by molar-refractivity contribution is 7.89. The maximum absolute atomic E-state index is 12.3. The van der Waals surface area contributed by atoms with Crippen LogP contribution in [-0.2, 0) is 23.1 Å². The monoisotopic (exact) mass is 376 g/mol. The molecule has 0 radical (unpaired) electrons. The second-order valence-corrected chi connectivity index (χ2v) is 8.58. The SMILES string of the molecule is CCN(Cc1cccc(S(=O)(=O)N(C)C)c1)Cc1ccc2c(c1)OCO2. The molecule has 0 unspecified atom stereocenters. The Morgan fingerprint density at radius 2 is 1.65 bits per heavy atom. The summed E-state index contributed by atoms with van der Waals surface area (Å²) in [6.45, 7) is 4.62. The van der Waals surface area contributed by atoms with Crippen molar-refractivity contribution in [1.29, 1.82) is 0 Å². The van der Waals surface area contributed by atoms with E-state index in [1.807, 2.05) is 24.3 Å². The lowest BCUT2D eigenvalue weighted by atomic mass is 10.1. The number of rotatable bonds is 7. The van der Waals surface area contributed by atoms with E-state index in [0.29, 0.717) is 11.4 Å². The highest BCUT2D eigenvalue weighted by Crippen LogP contribution is 2.32. The van der Waals surface area contributed by atoms with Gasteiger partial charge in [-0.3, -0.25) is 4.90 Å². The molecule has 2 aromatic carbocycles. The molecule has 0 fully saturated rings. The Labute approximate surface area is 155 Å². The van der Waals surface area contributed by atoms with Crippen LogP contribution in [0.4, 0.5) is 0 Å². The first-order chi connectivity index (χ1) is 12.4. The van der Waals surface area contributed by atoms with Gasteiger partial charge in [-0.2, -0.15) is 0 Å². The normalized spacial score (nSPS) is 13.6. The Morgan fingerprint density at radius 3 is 2.35 bits per heavy atom. The van der Waals surface area contributed by atoms with E-state index in [2.05, 4.69) is 11.8 Å². The molecular weight excluding hydrogens is 352 g/mol. The van der Waals surface area contributed by atoms with Gasteiger partial charge in [0.15, 0.2) is 11.5 Å². The summed E-state index contributed by atoms with van der Waals surface area (Å²) in [4.78, 5) is 2.57. The van der Waals surface area contributed by atoms with Gasteiger partial charge in [-0.1, -0.05) is 25.1 Å². The van der Waals surface area contributed by atoms with Gasteiger partial charge in [-0.05, 0) is 41.9 Å². The Kier molecular flexibility index (Phi) is 5.50.